The van der Waals surface area contributed by atoms with E-state index in [1.54, 1.807) is 39.2 Å². The highest BCUT2D eigenvalue weighted by Crippen LogP contribution is 2.40. The third kappa shape index (κ3) is 7.49. The van der Waals surface area contributed by atoms with Gasteiger partial charge in [-0.15, -0.1) is 0 Å². The molecule has 1 aliphatic heterocycles. The van der Waals surface area contributed by atoms with Crippen molar-refractivity contribution < 1.29 is 18.9 Å². The van der Waals surface area contributed by atoms with Crippen LogP contribution in [0.2, 0.25) is 0 Å². The number of hydrogen-bond acceptors (Lipinski definition) is 8. The summed E-state index contributed by atoms with van der Waals surface area (Å²) >= 11 is 0. The van der Waals surface area contributed by atoms with Gasteiger partial charge in [0, 0.05) is 24.9 Å². The summed E-state index contributed by atoms with van der Waals surface area (Å²) in [4.78, 5) is 0. The van der Waals surface area contributed by atoms with E-state index < -0.39 is 5.60 Å². The molecule has 1 aliphatic rings. The first-order valence-corrected chi connectivity index (χ1v) is 10.5. The van der Waals surface area contributed by atoms with Gasteiger partial charge in [-0.1, -0.05) is 24.3 Å². The van der Waals surface area contributed by atoms with Crippen LogP contribution in [0, 0.1) is 34.0 Å². The van der Waals surface area contributed by atoms with E-state index in [0.29, 0.717) is 45.2 Å². The van der Waals surface area contributed by atoms with Crippen LogP contribution in [0.25, 0.3) is 6.08 Å². The second-order valence-corrected chi connectivity index (χ2v) is 7.54. The Kier molecular flexibility index (Phi) is 10.1. The number of nitrogens with zero attached hydrogens (tertiary/aromatic N) is 3. The number of allylic oxidation sites excluding steroid dienone is 2. The summed E-state index contributed by atoms with van der Waals surface area (Å²) in [5, 5.41) is 31.2. The topological polar surface area (TPSA) is 120 Å². The van der Waals surface area contributed by atoms with Gasteiger partial charge in [0.25, 0.3) is 0 Å². The molecule has 0 saturated carbocycles. The molecule has 0 fully saturated rings. The summed E-state index contributed by atoms with van der Waals surface area (Å²) in [6.45, 7) is 7.06. The Morgan fingerprint density at radius 2 is 1.61 bits per heavy atom. The molecule has 1 N–H and O–H groups in total. The lowest BCUT2D eigenvalue weighted by Crippen LogP contribution is -2.20. The van der Waals surface area contributed by atoms with Gasteiger partial charge in [0.05, 0.1) is 33.0 Å². The van der Waals surface area contributed by atoms with Crippen molar-refractivity contribution in [2.75, 3.05) is 52.0 Å². The number of nitriles is 3. The third-order valence-corrected chi connectivity index (χ3v) is 4.80. The van der Waals surface area contributed by atoms with Gasteiger partial charge in [-0.05, 0) is 31.5 Å². The first-order chi connectivity index (χ1) is 16.0. The molecule has 172 valence electrons. The van der Waals surface area contributed by atoms with Gasteiger partial charge in [0.2, 0.25) is 0 Å². The summed E-state index contributed by atoms with van der Waals surface area (Å²) in [6.07, 6.45) is 3.67. The van der Waals surface area contributed by atoms with Crippen LogP contribution < -0.4 is 5.32 Å². The van der Waals surface area contributed by atoms with E-state index in [-0.39, 0.29) is 16.9 Å². The van der Waals surface area contributed by atoms with Crippen LogP contribution in [-0.2, 0) is 18.9 Å². The number of ether oxygens (including phenoxy) is 4. The van der Waals surface area contributed by atoms with Crippen molar-refractivity contribution in [2.45, 2.75) is 19.4 Å². The maximum Gasteiger partial charge on any atom is 0.172 e. The van der Waals surface area contributed by atoms with Gasteiger partial charge in [-0.25, -0.2) is 0 Å². The van der Waals surface area contributed by atoms with Gasteiger partial charge < -0.3 is 24.3 Å². The first kappa shape index (κ1) is 25.6. The fraction of sp³-hybridized carbons (Fsp3) is 0.400. The molecule has 1 aromatic rings. The smallest absolute Gasteiger partial charge is 0.172 e. The Morgan fingerprint density at radius 1 is 0.970 bits per heavy atom. The Balaban J connectivity index is 1.93. The minimum absolute atomic E-state index is 0.0375. The van der Waals surface area contributed by atoms with Crippen molar-refractivity contribution in [2.24, 2.45) is 0 Å². The van der Waals surface area contributed by atoms with Gasteiger partial charge >= 0.3 is 0 Å². The zero-order valence-corrected chi connectivity index (χ0v) is 19.2. The Labute approximate surface area is 194 Å². The molecule has 2 rings (SSSR count). The second-order valence-electron chi connectivity index (χ2n) is 7.54. The number of hydrogen-bond donors (Lipinski definition) is 1. The molecule has 0 aliphatic carbocycles. The van der Waals surface area contributed by atoms with Crippen molar-refractivity contribution in [1.82, 2.24) is 0 Å². The van der Waals surface area contributed by atoms with E-state index in [1.807, 2.05) is 30.3 Å². The lowest BCUT2D eigenvalue weighted by molar-refractivity contribution is 0.0272. The van der Waals surface area contributed by atoms with E-state index >= 15 is 0 Å². The molecule has 0 saturated heterocycles. The molecule has 1 heterocycles. The summed E-state index contributed by atoms with van der Waals surface area (Å²) in [6, 6.07) is 13.5. The lowest BCUT2D eigenvalue weighted by atomic mass is 9.94. The number of methoxy groups -OCH3 is 1. The van der Waals surface area contributed by atoms with Crippen molar-refractivity contribution in [3.63, 3.8) is 0 Å². The van der Waals surface area contributed by atoms with Crippen LogP contribution in [0.1, 0.15) is 19.4 Å². The predicted octanol–water partition coefficient (Wildman–Crippen LogP) is 3.72. The summed E-state index contributed by atoms with van der Waals surface area (Å²) in [5.41, 5.74) is 1.69. The Hall–Kier alpha value is -3.61. The van der Waals surface area contributed by atoms with E-state index in [0.717, 1.165) is 11.3 Å². The third-order valence-electron chi connectivity index (χ3n) is 4.80. The van der Waals surface area contributed by atoms with E-state index in [9.17, 15) is 5.26 Å². The predicted molar refractivity (Wildman–Crippen MR) is 124 cm³/mol. The summed E-state index contributed by atoms with van der Waals surface area (Å²) < 4.78 is 21.5. The zero-order valence-electron chi connectivity index (χ0n) is 19.2. The highest BCUT2D eigenvalue weighted by atomic mass is 16.5. The SMILES string of the molecule is COCCOCCOCCNc1ccc(/C=C/C2=C(C#N)C(=C(C#N)C#N)OC2(C)C)cc1. The van der Waals surface area contributed by atoms with Crippen molar-refractivity contribution >= 4 is 11.8 Å². The molecule has 0 bridgehead atoms. The highest BCUT2D eigenvalue weighted by molar-refractivity contribution is 5.65. The van der Waals surface area contributed by atoms with Crippen molar-refractivity contribution in [3.8, 4) is 18.2 Å². The minimum atomic E-state index is -0.827. The first-order valence-electron chi connectivity index (χ1n) is 10.5. The Bertz CT molecular complexity index is 1000. The maximum absolute atomic E-state index is 9.59. The average Bonchev–Trinajstić information content (AvgIpc) is 3.07. The fourth-order valence-corrected chi connectivity index (χ4v) is 3.11. The minimum Gasteiger partial charge on any atom is -0.480 e. The summed E-state index contributed by atoms with van der Waals surface area (Å²) in [5.74, 6) is 0.0375. The number of anilines is 1. The highest BCUT2D eigenvalue weighted by Gasteiger charge is 2.38. The normalized spacial score (nSPS) is 14.5. The lowest BCUT2D eigenvalue weighted by Gasteiger charge is -2.20. The molecule has 0 spiro atoms. The van der Waals surface area contributed by atoms with Crippen LogP contribution in [0.3, 0.4) is 0 Å². The van der Waals surface area contributed by atoms with Crippen LogP contribution in [0.4, 0.5) is 5.69 Å². The standard InChI is InChI=1S/C25H28N4O4/c1-25(2)23(22(18-28)24(33-25)20(16-26)17-27)9-6-19-4-7-21(8-5-19)29-10-11-31-14-15-32-13-12-30-3/h4-9,29H,10-15H2,1-3H3/b9-6+. The molecule has 0 amide bonds. The van der Waals surface area contributed by atoms with Crippen LogP contribution >= 0.6 is 0 Å². The molecule has 0 radical (unpaired) electrons. The molecule has 0 atom stereocenters. The largest absolute Gasteiger partial charge is 0.480 e. The maximum atomic E-state index is 9.59. The van der Waals surface area contributed by atoms with Crippen molar-refractivity contribution in [3.05, 3.63) is 58.4 Å². The summed E-state index contributed by atoms with van der Waals surface area (Å²) in [7, 11) is 1.64. The van der Waals surface area contributed by atoms with E-state index in [2.05, 4.69) is 11.4 Å². The van der Waals surface area contributed by atoms with Crippen LogP contribution in [0.5, 0.6) is 0 Å². The molecule has 0 aromatic heterocycles. The quantitative estimate of drug-likeness (QED) is 0.379. The van der Waals surface area contributed by atoms with Crippen LogP contribution in [-0.4, -0.2) is 52.3 Å². The zero-order chi connectivity index (χ0) is 24.1. The molecule has 8 nitrogen and oxygen atoms in total. The van der Waals surface area contributed by atoms with Crippen molar-refractivity contribution in [1.29, 1.82) is 15.8 Å². The Morgan fingerprint density at radius 3 is 2.21 bits per heavy atom. The number of benzene rings is 1. The number of nitrogens with one attached hydrogen (secondary N) is 1. The van der Waals surface area contributed by atoms with Crippen LogP contribution in [0.15, 0.2) is 52.8 Å². The molecule has 0 unspecified atom stereocenters. The van der Waals surface area contributed by atoms with Gasteiger partial charge in [0.15, 0.2) is 11.3 Å². The van der Waals surface area contributed by atoms with E-state index in [1.165, 1.54) is 0 Å². The molecular formula is C25H28N4O4. The molecule has 33 heavy (non-hydrogen) atoms. The van der Waals surface area contributed by atoms with Gasteiger partial charge in [-0.2, -0.15) is 15.8 Å². The molecule has 1 aromatic carbocycles. The average molecular weight is 449 g/mol. The monoisotopic (exact) mass is 448 g/mol. The molecule has 8 heteroatoms. The molecular weight excluding hydrogens is 420 g/mol. The second kappa shape index (κ2) is 13.1. The number of rotatable bonds is 12. The van der Waals surface area contributed by atoms with Gasteiger partial charge in [-0.3, -0.25) is 0 Å². The fourth-order valence-electron chi connectivity index (χ4n) is 3.11. The van der Waals surface area contributed by atoms with Gasteiger partial charge in [0.1, 0.15) is 29.4 Å². The van der Waals surface area contributed by atoms with E-state index in [4.69, 9.17) is 29.5 Å².